The molecule has 178 valence electrons. The maximum Gasteiger partial charge on any atom is 0.261 e. The normalized spacial score (nSPS) is 11.5. The first-order valence-corrected chi connectivity index (χ1v) is 12.6. The van der Waals surface area contributed by atoms with Crippen molar-refractivity contribution in [2.24, 2.45) is 0 Å². The van der Waals surface area contributed by atoms with Gasteiger partial charge >= 0.3 is 0 Å². The molecular weight excluding hydrogens is 586 g/mol. The maximum atomic E-state index is 13.4. The van der Waals surface area contributed by atoms with Crippen molar-refractivity contribution < 1.29 is 14.3 Å². The number of hydrogen-bond acceptors (Lipinski definition) is 3. The number of carbonyl (C=O) groups is 2. The molecule has 3 rings (SSSR count). The van der Waals surface area contributed by atoms with Crippen molar-refractivity contribution in [1.29, 1.82) is 0 Å². The Morgan fingerprint density at radius 3 is 2.32 bits per heavy atom. The lowest BCUT2D eigenvalue weighted by Gasteiger charge is -2.31. The van der Waals surface area contributed by atoms with Gasteiger partial charge in [0.25, 0.3) is 5.91 Å². The zero-order valence-corrected chi connectivity index (χ0v) is 22.3. The minimum Gasteiger partial charge on any atom is -0.484 e. The van der Waals surface area contributed by atoms with Crippen LogP contribution in [0.1, 0.15) is 18.1 Å². The van der Waals surface area contributed by atoms with Gasteiger partial charge < -0.3 is 15.0 Å². The molecule has 0 radical (unpaired) electrons. The van der Waals surface area contributed by atoms with Gasteiger partial charge in [-0.1, -0.05) is 59.6 Å². The second kappa shape index (κ2) is 13.0. The minimum absolute atomic E-state index is 0.181. The van der Waals surface area contributed by atoms with Crippen LogP contribution >= 0.6 is 45.8 Å². The Hall–Kier alpha value is -2.29. The molecule has 0 fully saturated rings. The lowest BCUT2D eigenvalue weighted by molar-refractivity contribution is -0.142. The summed E-state index contributed by atoms with van der Waals surface area (Å²) in [7, 11) is 0. The van der Waals surface area contributed by atoms with Gasteiger partial charge in [0.1, 0.15) is 11.8 Å². The summed E-state index contributed by atoms with van der Waals surface area (Å²) in [5.74, 6) is 0.0479. The quantitative estimate of drug-likeness (QED) is 0.297. The fourth-order valence-corrected chi connectivity index (χ4v) is 4.12. The standard InChI is InChI=1S/C26H25Cl2IN2O3/c1-2-30-26(33)24(15-18-6-4-3-5-7-18)31(16-19-8-13-22(27)23(28)14-19)25(32)17-34-21-11-9-20(29)10-12-21/h3-14,24H,2,15-17H2,1H3,(H,30,33)/t24-/m1/s1. The highest BCUT2D eigenvalue weighted by molar-refractivity contribution is 14.1. The molecule has 0 aliphatic rings. The summed E-state index contributed by atoms with van der Waals surface area (Å²) in [6.07, 6.45) is 0.364. The molecule has 0 spiro atoms. The van der Waals surface area contributed by atoms with E-state index in [0.717, 1.165) is 14.7 Å². The van der Waals surface area contributed by atoms with Crippen molar-refractivity contribution in [2.45, 2.75) is 25.9 Å². The van der Waals surface area contributed by atoms with E-state index in [0.29, 0.717) is 28.8 Å². The van der Waals surface area contributed by atoms with Crippen molar-refractivity contribution >= 4 is 57.6 Å². The van der Waals surface area contributed by atoms with Crippen LogP contribution < -0.4 is 10.1 Å². The number of benzene rings is 3. The zero-order valence-electron chi connectivity index (χ0n) is 18.6. The fraction of sp³-hybridized carbons (Fsp3) is 0.231. The average Bonchev–Trinajstić information content (AvgIpc) is 2.83. The highest BCUT2D eigenvalue weighted by atomic mass is 127. The third-order valence-corrected chi connectivity index (χ3v) is 6.59. The summed E-state index contributed by atoms with van der Waals surface area (Å²) in [4.78, 5) is 28.1. The van der Waals surface area contributed by atoms with Gasteiger partial charge in [0, 0.05) is 23.1 Å². The van der Waals surface area contributed by atoms with Gasteiger partial charge in [0.2, 0.25) is 5.91 Å². The van der Waals surface area contributed by atoms with Crippen molar-refractivity contribution in [2.75, 3.05) is 13.2 Å². The molecule has 3 aromatic rings. The van der Waals surface area contributed by atoms with Crippen LogP contribution in [-0.4, -0.2) is 35.9 Å². The van der Waals surface area contributed by atoms with Crippen molar-refractivity contribution in [1.82, 2.24) is 10.2 Å². The zero-order chi connectivity index (χ0) is 24.5. The molecule has 2 amide bonds. The Balaban J connectivity index is 1.90. The van der Waals surface area contributed by atoms with Crippen molar-refractivity contribution in [3.05, 3.63) is 97.5 Å². The van der Waals surface area contributed by atoms with E-state index in [1.807, 2.05) is 61.5 Å². The molecule has 3 aromatic carbocycles. The molecule has 8 heteroatoms. The van der Waals surface area contributed by atoms with Crippen LogP contribution in [0.25, 0.3) is 0 Å². The summed E-state index contributed by atoms with van der Waals surface area (Å²) in [5.41, 5.74) is 1.71. The summed E-state index contributed by atoms with van der Waals surface area (Å²) < 4.78 is 6.82. The largest absolute Gasteiger partial charge is 0.484 e. The number of carbonyl (C=O) groups excluding carboxylic acids is 2. The van der Waals surface area contributed by atoms with Gasteiger partial charge in [-0.05, 0) is 77.0 Å². The van der Waals surface area contributed by atoms with E-state index < -0.39 is 6.04 Å². The first-order chi connectivity index (χ1) is 16.4. The minimum atomic E-state index is -0.732. The number of nitrogens with zero attached hydrogens (tertiary/aromatic N) is 1. The molecule has 0 unspecified atom stereocenters. The smallest absolute Gasteiger partial charge is 0.261 e. The van der Waals surface area contributed by atoms with Gasteiger partial charge in [-0.15, -0.1) is 0 Å². The molecule has 5 nitrogen and oxygen atoms in total. The number of rotatable bonds is 10. The predicted molar refractivity (Wildman–Crippen MR) is 144 cm³/mol. The number of halogens is 3. The molecule has 0 saturated carbocycles. The second-order valence-corrected chi connectivity index (χ2v) is 9.67. The SMILES string of the molecule is CCNC(=O)[C@@H](Cc1ccccc1)N(Cc1ccc(Cl)c(Cl)c1)C(=O)COc1ccc(I)cc1. The molecule has 0 aliphatic carbocycles. The fourth-order valence-electron chi connectivity index (χ4n) is 3.44. The lowest BCUT2D eigenvalue weighted by atomic mass is 10.0. The van der Waals surface area contributed by atoms with E-state index in [4.69, 9.17) is 27.9 Å². The van der Waals surface area contributed by atoms with Crippen molar-refractivity contribution in [3.63, 3.8) is 0 Å². The molecule has 0 bridgehead atoms. The number of hydrogen-bond donors (Lipinski definition) is 1. The van der Waals surface area contributed by atoms with Gasteiger partial charge in [-0.25, -0.2) is 0 Å². The summed E-state index contributed by atoms with van der Waals surface area (Å²) >= 11 is 14.5. The topological polar surface area (TPSA) is 58.6 Å². The van der Waals surface area contributed by atoms with Gasteiger partial charge in [-0.3, -0.25) is 9.59 Å². The van der Waals surface area contributed by atoms with E-state index >= 15 is 0 Å². The number of amides is 2. The third kappa shape index (κ3) is 7.61. The van der Waals surface area contributed by atoms with Gasteiger partial charge in [0.15, 0.2) is 6.61 Å². The highest BCUT2D eigenvalue weighted by Gasteiger charge is 2.30. The Kier molecular flexibility index (Phi) is 10.0. The van der Waals surface area contributed by atoms with E-state index in [-0.39, 0.29) is 25.0 Å². The number of ether oxygens (including phenoxy) is 1. The molecule has 0 saturated heterocycles. The first-order valence-electron chi connectivity index (χ1n) is 10.8. The molecule has 0 aliphatic heterocycles. The van der Waals surface area contributed by atoms with E-state index in [9.17, 15) is 9.59 Å². The Morgan fingerprint density at radius 2 is 1.68 bits per heavy atom. The Bertz CT molecular complexity index is 1110. The molecule has 0 aromatic heterocycles. The highest BCUT2D eigenvalue weighted by Crippen LogP contribution is 2.24. The monoisotopic (exact) mass is 610 g/mol. The predicted octanol–water partition coefficient (Wildman–Crippen LogP) is 5.75. The molecular formula is C26H25Cl2IN2O3. The van der Waals surface area contributed by atoms with E-state index in [1.54, 1.807) is 23.1 Å². The maximum absolute atomic E-state index is 13.4. The van der Waals surface area contributed by atoms with Crippen LogP contribution in [0, 0.1) is 3.57 Å². The number of nitrogens with one attached hydrogen (secondary N) is 1. The summed E-state index contributed by atoms with van der Waals surface area (Å²) in [6.45, 7) is 2.29. The second-order valence-electron chi connectivity index (χ2n) is 7.61. The van der Waals surface area contributed by atoms with Crippen molar-refractivity contribution in [3.8, 4) is 5.75 Å². The van der Waals surface area contributed by atoms with Crippen LogP contribution in [-0.2, 0) is 22.6 Å². The molecule has 34 heavy (non-hydrogen) atoms. The molecule has 0 heterocycles. The Labute approximate surface area is 223 Å². The Morgan fingerprint density at radius 1 is 0.971 bits per heavy atom. The number of likely N-dealkylation sites (N-methyl/N-ethyl adjacent to an activating group) is 1. The summed E-state index contributed by atoms with van der Waals surface area (Å²) in [5, 5.41) is 3.68. The van der Waals surface area contributed by atoms with E-state index in [1.165, 1.54) is 0 Å². The third-order valence-electron chi connectivity index (χ3n) is 5.13. The first kappa shape index (κ1) is 26.3. The van der Waals surface area contributed by atoms with E-state index in [2.05, 4.69) is 27.9 Å². The van der Waals surface area contributed by atoms with Crippen LogP contribution in [0.2, 0.25) is 10.0 Å². The van der Waals surface area contributed by atoms with Crippen LogP contribution in [0.5, 0.6) is 5.75 Å². The molecule has 1 atom stereocenters. The molecule has 1 N–H and O–H groups in total. The van der Waals surface area contributed by atoms with Gasteiger partial charge in [-0.2, -0.15) is 0 Å². The summed E-state index contributed by atoms with van der Waals surface area (Å²) in [6, 6.07) is 21.5. The average molecular weight is 611 g/mol. The van der Waals surface area contributed by atoms with Gasteiger partial charge in [0.05, 0.1) is 10.0 Å². The van der Waals surface area contributed by atoms with Crippen LogP contribution in [0.15, 0.2) is 72.8 Å². The van der Waals surface area contributed by atoms with Crippen LogP contribution in [0.4, 0.5) is 0 Å². The van der Waals surface area contributed by atoms with Crippen LogP contribution in [0.3, 0.4) is 0 Å². The lowest BCUT2D eigenvalue weighted by Crippen LogP contribution is -2.51.